The molecule has 128 valence electrons. The van der Waals surface area contributed by atoms with Crippen molar-refractivity contribution in [2.45, 2.75) is 6.10 Å². The zero-order chi connectivity index (χ0) is 17.6. The van der Waals surface area contributed by atoms with Gasteiger partial charge in [0.05, 0.1) is 12.0 Å². The molecule has 2 aliphatic rings. The van der Waals surface area contributed by atoms with E-state index in [-0.39, 0.29) is 12.5 Å². The van der Waals surface area contributed by atoms with Gasteiger partial charge in [-0.05, 0) is 24.3 Å². The Labute approximate surface area is 151 Å². The number of nitro groups is 1. The maximum Gasteiger partial charge on any atom is 0.291 e. The summed E-state index contributed by atoms with van der Waals surface area (Å²) < 4.78 is 22.7. The van der Waals surface area contributed by atoms with Gasteiger partial charge in [0.1, 0.15) is 0 Å². The van der Waals surface area contributed by atoms with E-state index in [1.165, 1.54) is 13.2 Å². The molecule has 0 amide bonds. The summed E-state index contributed by atoms with van der Waals surface area (Å²) in [6.07, 6.45) is 0.619. The number of ether oxygens (including phenoxy) is 4. The van der Waals surface area contributed by atoms with Crippen LogP contribution in [0.15, 0.2) is 40.5 Å². The van der Waals surface area contributed by atoms with E-state index in [1.54, 1.807) is 30.3 Å². The number of hydrogen-bond donors (Lipinski definition) is 0. The highest BCUT2D eigenvalue weighted by atomic mass is 79.9. The molecule has 0 saturated carbocycles. The van der Waals surface area contributed by atoms with Crippen LogP contribution < -0.4 is 18.9 Å². The lowest BCUT2D eigenvalue weighted by molar-refractivity contribution is -0.434. The molecule has 7 nitrogen and oxygen atoms in total. The summed E-state index contributed by atoms with van der Waals surface area (Å²) in [5.41, 5.74) is 1.12. The van der Waals surface area contributed by atoms with Crippen LogP contribution in [-0.2, 0) is 0 Å². The normalized spacial score (nSPS) is 17.4. The number of halogens is 1. The lowest BCUT2D eigenvalue weighted by Gasteiger charge is -2.24. The Bertz CT molecular complexity index is 910. The smallest absolute Gasteiger partial charge is 0.291 e. The third-order valence-electron chi connectivity index (χ3n) is 3.99. The fourth-order valence-electron chi connectivity index (χ4n) is 2.85. The molecule has 0 unspecified atom stereocenters. The molecular formula is C17H12BrNO6. The Hall–Kier alpha value is -2.74. The highest BCUT2D eigenvalue weighted by molar-refractivity contribution is 9.10. The lowest BCUT2D eigenvalue weighted by atomic mass is 10.0. The number of nitrogens with zero attached hydrogens (tertiary/aromatic N) is 1. The first-order chi connectivity index (χ1) is 12.1. The number of hydrogen-bond acceptors (Lipinski definition) is 6. The van der Waals surface area contributed by atoms with E-state index in [0.717, 1.165) is 4.47 Å². The molecule has 0 aliphatic carbocycles. The summed E-state index contributed by atoms with van der Waals surface area (Å²) in [6, 6.07) is 8.64. The van der Waals surface area contributed by atoms with Gasteiger partial charge in [-0.15, -0.1) is 0 Å². The lowest BCUT2D eigenvalue weighted by Crippen LogP contribution is -2.20. The number of benzene rings is 2. The van der Waals surface area contributed by atoms with Gasteiger partial charge in [0.2, 0.25) is 12.9 Å². The minimum atomic E-state index is -0.882. The molecule has 0 fully saturated rings. The van der Waals surface area contributed by atoms with Crippen molar-refractivity contribution in [2.75, 3.05) is 13.9 Å². The second kappa shape index (κ2) is 5.96. The van der Waals surface area contributed by atoms with Crippen LogP contribution in [0, 0.1) is 10.1 Å². The molecule has 0 spiro atoms. The van der Waals surface area contributed by atoms with Crippen molar-refractivity contribution in [1.82, 2.24) is 0 Å². The summed E-state index contributed by atoms with van der Waals surface area (Å²) >= 11 is 3.37. The van der Waals surface area contributed by atoms with Gasteiger partial charge < -0.3 is 18.9 Å². The fraction of sp³-hybridized carbons (Fsp3) is 0.176. The Balaban J connectivity index is 1.83. The van der Waals surface area contributed by atoms with Crippen LogP contribution in [0.1, 0.15) is 17.2 Å². The first-order valence-corrected chi connectivity index (χ1v) is 8.16. The van der Waals surface area contributed by atoms with E-state index >= 15 is 0 Å². The molecule has 2 heterocycles. The Morgan fingerprint density at radius 3 is 2.80 bits per heavy atom. The SMILES string of the molecule is COc1cc(Br)cc2c1O[C@@H](c1ccc3c(c1)OCO3)C([N+](=O)[O-])=C2. The molecule has 2 aliphatic heterocycles. The van der Waals surface area contributed by atoms with E-state index in [2.05, 4.69) is 15.9 Å². The molecule has 25 heavy (non-hydrogen) atoms. The largest absolute Gasteiger partial charge is 0.493 e. The molecule has 4 rings (SSSR count). The molecule has 0 N–H and O–H groups in total. The van der Waals surface area contributed by atoms with Crippen LogP contribution in [0.5, 0.6) is 23.0 Å². The van der Waals surface area contributed by atoms with Crippen molar-refractivity contribution in [2.24, 2.45) is 0 Å². The van der Waals surface area contributed by atoms with E-state index in [4.69, 9.17) is 18.9 Å². The van der Waals surface area contributed by atoms with Gasteiger partial charge >= 0.3 is 0 Å². The predicted molar refractivity (Wildman–Crippen MR) is 91.6 cm³/mol. The highest BCUT2D eigenvalue weighted by Crippen LogP contribution is 2.45. The third-order valence-corrected chi connectivity index (χ3v) is 4.44. The van der Waals surface area contributed by atoms with Gasteiger partial charge in [0.15, 0.2) is 23.0 Å². The predicted octanol–water partition coefficient (Wildman–Crippen LogP) is 3.94. The average molecular weight is 406 g/mol. The van der Waals surface area contributed by atoms with Crippen molar-refractivity contribution in [3.8, 4) is 23.0 Å². The summed E-state index contributed by atoms with van der Waals surface area (Å²) in [7, 11) is 1.52. The Morgan fingerprint density at radius 2 is 2.04 bits per heavy atom. The molecule has 1 atom stereocenters. The fourth-order valence-corrected chi connectivity index (χ4v) is 3.30. The van der Waals surface area contributed by atoms with Gasteiger partial charge in [0, 0.05) is 21.7 Å². The summed E-state index contributed by atoms with van der Waals surface area (Å²) in [5, 5.41) is 11.6. The quantitative estimate of drug-likeness (QED) is 0.568. The van der Waals surface area contributed by atoms with Gasteiger partial charge in [-0.2, -0.15) is 0 Å². The molecule has 2 aromatic rings. The molecular weight excluding hydrogens is 394 g/mol. The van der Waals surface area contributed by atoms with Crippen LogP contribution in [0.3, 0.4) is 0 Å². The topological polar surface area (TPSA) is 80.1 Å². The first kappa shape index (κ1) is 15.8. The van der Waals surface area contributed by atoms with E-state index in [1.807, 2.05) is 0 Å². The monoisotopic (exact) mass is 405 g/mol. The van der Waals surface area contributed by atoms with Crippen LogP contribution in [-0.4, -0.2) is 18.8 Å². The second-order valence-corrected chi connectivity index (χ2v) is 6.38. The van der Waals surface area contributed by atoms with Crippen LogP contribution >= 0.6 is 15.9 Å². The Morgan fingerprint density at radius 1 is 1.24 bits per heavy atom. The maximum atomic E-state index is 11.6. The zero-order valence-electron chi connectivity index (χ0n) is 13.0. The third kappa shape index (κ3) is 2.68. The summed E-state index contributed by atoms with van der Waals surface area (Å²) in [4.78, 5) is 11.1. The van der Waals surface area contributed by atoms with Crippen molar-refractivity contribution < 1.29 is 23.9 Å². The molecule has 8 heteroatoms. The first-order valence-electron chi connectivity index (χ1n) is 7.36. The summed E-state index contributed by atoms with van der Waals surface area (Å²) in [6.45, 7) is 0.132. The molecule has 0 saturated heterocycles. The van der Waals surface area contributed by atoms with E-state index < -0.39 is 11.0 Å². The minimum Gasteiger partial charge on any atom is -0.493 e. The van der Waals surface area contributed by atoms with Gasteiger partial charge in [-0.25, -0.2) is 0 Å². The van der Waals surface area contributed by atoms with Crippen molar-refractivity contribution in [3.63, 3.8) is 0 Å². The molecule has 0 bridgehead atoms. The van der Waals surface area contributed by atoms with E-state index in [9.17, 15) is 10.1 Å². The zero-order valence-corrected chi connectivity index (χ0v) is 14.6. The molecule has 0 aromatic heterocycles. The minimum absolute atomic E-state index is 0.0634. The Kier molecular flexibility index (Phi) is 3.76. The number of rotatable bonds is 3. The van der Waals surface area contributed by atoms with Crippen LogP contribution in [0.25, 0.3) is 6.08 Å². The van der Waals surface area contributed by atoms with E-state index in [0.29, 0.717) is 34.1 Å². The number of fused-ring (bicyclic) bond motifs is 2. The van der Waals surface area contributed by atoms with Gasteiger partial charge in [-0.3, -0.25) is 10.1 Å². The molecule has 0 radical (unpaired) electrons. The second-order valence-electron chi connectivity index (χ2n) is 5.46. The van der Waals surface area contributed by atoms with Crippen molar-refractivity contribution in [1.29, 1.82) is 0 Å². The van der Waals surface area contributed by atoms with Crippen molar-refractivity contribution >= 4 is 22.0 Å². The maximum absolute atomic E-state index is 11.6. The number of methoxy groups -OCH3 is 1. The summed E-state index contributed by atoms with van der Waals surface area (Å²) in [5.74, 6) is 2.10. The average Bonchev–Trinajstić information content (AvgIpc) is 3.07. The van der Waals surface area contributed by atoms with Gasteiger partial charge in [-0.1, -0.05) is 22.0 Å². The van der Waals surface area contributed by atoms with Crippen molar-refractivity contribution in [3.05, 3.63) is 61.7 Å². The standard InChI is InChI=1S/C17H12BrNO6/c1-22-15-7-11(18)4-10-5-12(19(20)21)16(25-17(10)15)9-2-3-13-14(6-9)24-8-23-13/h2-7,16H,8H2,1H3/t16-/m0/s1. The van der Waals surface area contributed by atoms with Crippen LogP contribution in [0.4, 0.5) is 0 Å². The highest BCUT2D eigenvalue weighted by Gasteiger charge is 2.35. The molecule has 2 aromatic carbocycles. The van der Waals surface area contributed by atoms with Gasteiger partial charge in [0.25, 0.3) is 5.70 Å². The van der Waals surface area contributed by atoms with Crippen LogP contribution in [0.2, 0.25) is 0 Å².